The van der Waals surface area contributed by atoms with Crippen LogP contribution in [0.25, 0.3) is 0 Å². The maximum atomic E-state index is 14.0. The number of benzene rings is 4. The topological polar surface area (TPSA) is 302 Å². The van der Waals surface area contributed by atoms with Crippen LogP contribution in [0.15, 0.2) is 122 Å². The van der Waals surface area contributed by atoms with E-state index in [-0.39, 0.29) is 60.2 Å². The van der Waals surface area contributed by atoms with Gasteiger partial charge in [-0.3, -0.25) is 54.8 Å². The number of aryl methyl sites for hydroxylation is 3. The molecule has 6 aromatic rings. The molecule has 2 saturated heterocycles. The molecule has 0 unspecified atom stereocenters. The lowest BCUT2D eigenvalue weighted by Gasteiger charge is -2.33. The highest BCUT2D eigenvalue weighted by atomic mass is 79.9. The van der Waals surface area contributed by atoms with E-state index < -0.39 is 54.7 Å². The van der Waals surface area contributed by atoms with E-state index in [0.717, 1.165) is 67.1 Å². The number of halogens is 7. The van der Waals surface area contributed by atoms with Crippen molar-refractivity contribution in [2.45, 2.75) is 46.5 Å². The largest absolute Gasteiger partial charge is 0.453 e. The van der Waals surface area contributed by atoms with Gasteiger partial charge in [0.05, 0.1) is 45.6 Å². The molecule has 456 valence electrons. The molecule has 8 rings (SSSR count). The highest BCUT2D eigenvalue weighted by Crippen LogP contribution is 2.23. The third kappa shape index (κ3) is 29.3. The number of alkyl halides is 1. The van der Waals surface area contributed by atoms with E-state index in [1.807, 2.05) is 54.0 Å². The first-order chi connectivity index (χ1) is 38.9. The second-order valence-electron chi connectivity index (χ2n) is 17.1. The number of nitrogens with one attached hydrogen (secondary N) is 2. The number of anilines is 2. The molecule has 2 aromatic heterocycles. The number of hydrogen-bond acceptors (Lipinski definition) is 17. The number of carbonyl (C=O) groups excluding carboxylic acids is 4. The molecule has 0 atom stereocenters. The fourth-order valence-corrected chi connectivity index (χ4v) is 7.18. The van der Waals surface area contributed by atoms with Gasteiger partial charge in [-0.2, -0.15) is 13.2 Å². The monoisotopic (exact) mass is 1300 g/mol. The number of rotatable bonds is 8. The summed E-state index contributed by atoms with van der Waals surface area (Å²) < 4.78 is 49.0. The van der Waals surface area contributed by atoms with Gasteiger partial charge in [-0.15, -0.1) is 24.8 Å². The summed E-state index contributed by atoms with van der Waals surface area (Å²) in [5.74, 6) is -1.73. The number of nitro benzene ring substituents is 3. The van der Waals surface area contributed by atoms with Crippen molar-refractivity contribution in [2.24, 2.45) is 0 Å². The predicted molar refractivity (Wildman–Crippen MR) is 320 cm³/mol. The lowest BCUT2D eigenvalue weighted by atomic mass is 10.1. The number of nitro groups is 3. The Bertz CT molecular complexity index is 3010. The molecule has 3 amide bonds. The van der Waals surface area contributed by atoms with Crippen LogP contribution >= 0.6 is 52.3 Å². The normalized spacial score (nSPS) is 11.9. The zero-order chi connectivity index (χ0) is 61.3. The van der Waals surface area contributed by atoms with Gasteiger partial charge in [0.25, 0.3) is 0 Å². The standard InChI is InChI=1S/C13H16FN3O4.C8H10N2O.C7H5BrFNO2.C7H5ClO2.C7H6FNO2.C6H12N2O.C6H8N2.2ClH/c1-21-13(18)16-7-5-15(6-8-16)9-10-3-2-4-11(12(10)14)17(19)20;1-6-3-4-8(5-9-6)10-7(2)11;8-4-5-2-1-3-6(7(5)9)10(11)12;8-7(9)10-6-4-2-1-3-5-6;1-5-3-2-4-6(7(5)8)9(10)11;1-6(9)8-4-2-7-3-5-8;1-5-2-3-6(7)4-8-5;;/h2-4H,5-9H2,1H3;3-5H,1-2H3,(H,10,11);1-3H,4H2;1-5H;2-4H,1H3;7H,2-5H2,1H3;2-4H,7H2,1H3;2*1H. The number of nitrogens with zero attached hydrogens (tertiary/aromatic N) is 8. The molecule has 30 heteroatoms. The van der Waals surface area contributed by atoms with Crippen molar-refractivity contribution in [1.29, 1.82) is 0 Å². The molecule has 0 radical (unpaired) electrons. The number of pyridine rings is 2. The molecule has 4 heterocycles. The lowest BCUT2D eigenvalue weighted by Crippen LogP contribution is -2.48. The quantitative estimate of drug-likeness (QED) is 0.0552. The first-order valence-electron chi connectivity index (χ1n) is 24.5. The van der Waals surface area contributed by atoms with Crippen LogP contribution in [0, 0.1) is 68.6 Å². The van der Waals surface area contributed by atoms with Crippen molar-refractivity contribution in [3.63, 3.8) is 0 Å². The van der Waals surface area contributed by atoms with Gasteiger partial charge >= 0.3 is 28.6 Å². The van der Waals surface area contributed by atoms with Gasteiger partial charge < -0.3 is 35.6 Å². The lowest BCUT2D eigenvalue weighted by molar-refractivity contribution is -0.387. The minimum absolute atomic E-state index is 0. The van der Waals surface area contributed by atoms with Crippen LogP contribution < -0.4 is 21.1 Å². The minimum Gasteiger partial charge on any atom is -0.453 e. The Kier molecular flexibility index (Phi) is 37.1. The van der Waals surface area contributed by atoms with Crippen LogP contribution in [0.1, 0.15) is 41.9 Å². The van der Waals surface area contributed by atoms with E-state index >= 15 is 0 Å². The number of para-hydroxylation sites is 1. The molecule has 2 fully saturated rings. The zero-order valence-corrected chi connectivity index (χ0v) is 50.4. The smallest absolute Gasteiger partial charge is 0.409 e. The number of methoxy groups -OCH3 is 1. The number of nitrogens with two attached hydrogens (primary N) is 1. The molecule has 0 saturated carbocycles. The van der Waals surface area contributed by atoms with Gasteiger partial charge in [0.1, 0.15) is 5.75 Å². The van der Waals surface area contributed by atoms with Gasteiger partial charge in [-0.25, -0.2) is 9.59 Å². The maximum Gasteiger partial charge on any atom is 0.409 e. The van der Waals surface area contributed by atoms with Crippen LogP contribution in [-0.4, -0.2) is 122 Å². The van der Waals surface area contributed by atoms with E-state index in [9.17, 15) is 62.7 Å². The molecular weight excluding hydrogens is 1240 g/mol. The fraction of sp³-hybridized carbons (Fsp3) is 0.296. The summed E-state index contributed by atoms with van der Waals surface area (Å²) in [7, 11) is 1.33. The third-order valence-electron chi connectivity index (χ3n) is 10.9. The maximum absolute atomic E-state index is 14.0. The Labute approximate surface area is 508 Å². The van der Waals surface area contributed by atoms with Gasteiger partial charge in [-0.05, 0) is 62.7 Å². The summed E-state index contributed by atoms with van der Waals surface area (Å²) in [6.45, 7) is 14.4. The van der Waals surface area contributed by atoms with Gasteiger partial charge in [0.2, 0.25) is 29.3 Å². The Morgan fingerprint density at radius 2 is 1.15 bits per heavy atom. The van der Waals surface area contributed by atoms with Gasteiger partial charge in [0.15, 0.2) is 0 Å². The molecule has 2 aliphatic rings. The predicted octanol–water partition coefficient (Wildman–Crippen LogP) is 11.3. The fourth-order valence-electron chi connectivity index (χ4n) is 6.66. The van der Waals surface area contributed by atoms with Gasteiger partial charge in [-0.1, -0.05) is 70.5 Å². The summed E-state index contributed by atoms with van der Waals surface area (Å²) in [5, 5.41) is 37.2. The van der Waals surface area contributed by atoms with Crippen molar-refractivity contribution in [2.75, 3.05) is 70.5 Å². The van der Waals surface area contributed by atoms with Crippen molar-refractivity contribution >= 4 is 104 Å². The molecule has 0 bridgehead atoms. The molecular formula is C54H64BrCl3F3N11O12. The number of amides is 3. The second kappa shape index (κ2) is 41.0. The summed E-state index contributed by atoms with van der Waals surface area (Å²) in [5.41, 5.74) is 7.36. The van der Waals surface area contributed by atoms with E-state index in [0.29, 0.717) is 43.1 Å². The molecule has 84 heavy (non-hydrogen) atoms. The molecule has 4 aromatic carbocycles. The summed E-state index contributed by atoms with van der Waals surface area (Å²) >= 11 is 7.98. The van der Waals surface area contributed by atoms with Crippen LogP contribution in [0.2, 0.25) is 0 Å². The highest BCUT2D eigenvalue weighted by Gasteiger charge is 2.24. The van der Waals surface area contributed by atoms with E-state index in [4.69, 9.17) is 17.3 Å². The number of ether oxygens (including phenoxy) is 2. The first-order valence-corrected chi connectivity index (χ1v) is 26.0. The molecule has 4 N–H and O–H groups in total. The van der Waals surface area contributed by atoms with Crippen molar-refractivity contribution in [3.8, 4) is 5.75 Å². The van der Waals surface area contributed by atoms with Crippen molar-refractivity contribution < 1.29 is 56.6 Å². The van der Waals surface area contributed by atoms with Crippen LogP contribution in [-0.2, 0) is 26.2 Å². The zero-order valence-electron chi connectivity index (χ0n) is 46.4. The Morgan fingerprint density at radius 3 is 1.56 bits per heavy atom. The molecule has 2 aliphatic heterocycles. The van der Waals surface area contributed by atoms with E-state index in [1.165, 1.54) is 57.4 Å². The van der Waals surface area contributed by atoms with E-state index in [2.05, 4.69) is 46.0 Å². The second-order valence-corrected chi connectivity index (χ2v) is 17.9. The first kappa shape index (κ1) is 75.9. The molecule has 23 nitrogen and oxygen atoms in total. The average molecular weight is 1300 g/mol. The third-order valence-corrected chi connectivity index (χ3v) is 11.6. The number of aromatic nitrogens is 2. The number of hydrogen-bond donors (Lipinski definition) is 3. The minimum atomic E-state index is -0.814. The summed E-state index contributed by atoms with van der Waals surface area (Å²) in [6.07, 6.45) is 2.91. The number of piperazine rings is 2. The Balaban J connectivity index is 0.000000977. The average Bonchev–Trinajstić information content (AvgIpc) is 3.66. The van der Waals surface area contributed by atoms with Crippen LogP contribution in [0.3, 0.4) is 0 Å². The summed E-state index contributed by atoms with van der Waals surface area (Å²) in [6, 6.07) is 28.4. The van der Waals surface area contributed by atoms with Crippen molar-refractivity contribution in [1.82, 2.24) is 30.0 Å². The highest BCUT2D eigenvalue weighted by molar-refractivity contribution is 9.08. The Morgan fingerprint density at radius 1 is 0.667 bits per heavy atom. The van der Waals surface area contributed by atoms with Crippen LogP contribution in [0.4, 0.5) is 51.2 Å². The van der Waals surface area contributed by atoms with E-state index in [1.54, 1.807) is 48.5 Å². The Hall–Kier alpha value is -8.08. The molecule has 0 spiro atoms. The summed E-state index contributed by atoms with van der Waals surface area (Å²) in [4.78, 5) is 85.0. The number of carbonyl (C=O) groups is 4. The van der Waals surface area contributed by atoms with Crippen LogP contribution in [0.5, 0.6) is 5.75 Å². The van der Waals surface area contributed by atoms with Gasteiger partial charge in [0, 0.05) is 130 Å². The van der Waals surface area contributed by atoms with Crippen molar-refractivity contribution in [3.05, 3.63) is 197 Å². The molecule has 0 aliphatic carbocycles. The SMILES string of the molecule is CC(=O)N1CCNCC1.CC(=O)Nc1ccc(C)nc1.COC(=O)N1CCN(Cc2cccc([N+](=O)[O-])c2F)CC1.Cc1ccc(N)cn1.Cc1cccc([N+](=O)[O-])c1F.Cl.Cl.O=C(Cl)Oc1ccccc1.O=[N+]([O-])c1cccc(CBr)c1F. The number of nitrogen functional groups attached to an aromatic ring is 1.